The molecule has 0 spiro atoms. The molecule has 0 saturated heterocycles. The number of aryl methyl sites for hydroxylation is 2. The Hall–Kier alpha value is -3.54. The maximum Gasteiger partial charge on any atom is 0.290 e. The molecule has 6 nitrogen and oxygen atoms in total. The molecule has 6 heteroatoms. The summed E-state index contributed by atoms with van der Waals surface area (Å²) in [7, 11) is 0. The van der Waals surface area contributed by atoms with Crippen molar-refractivity contribution < 1.29 is 18.7 Å². The zero-order valence-electron chi connectivity index (χ0n) is 21.0. The average Bonchev–Trinajstić information content (AvgIpc) is 3.10. The number of fused-ring (bicyclic) bond motifs is 2. The molecule has 0 saturated carbocycles. The summed E-state index contributed by atoms with van der Waals surface area (Å²) in [6.45, 7) is 12.9. The van der Waals surface area contributed by atoms with E-state index in [2.05, 4.69) is 13.5 Å². The molecule has 3 aromatic rings. The molecule has 1 unspecified atom stereocenters. The quantitative estimate of drug-likeness (QED) is 0.261. The minimum Gasteiger partial charge on any atom is -0.490 e. The van der Waals surface area contributed by atoms with E-state index in [4.69, 9.17) is 13.9 Å². The van der Waals surface area contributed by atoms with Crippen molar-refractivity contribution in [3.05, 3.63) is 81.2 Å². The molecule has 0 bridgehead atoms. The predicted molar refractivity (Wildman–Crippen MR) is 138 cm³/mol. The normalized spacial score (nSPS) is 14.9. The summed E-state index contributed by atoms with van der Waals surface area (Å²) in [5, 5.41) is 0.526. The van der Waals surface area contributed by atoms with E-state index in [1.165, 1.54) is 0 Å². The largest absolute Gasteiger partial charge is 0.490 e. The van der Waals surface area contributed by atoms with Crippen molar-refractivity contribution >= 4 is 16.9 Å². The van der Waals surface area contributed by atoms with Gasteiger partial charge in [0, 0.05) is 6.54 Å². The second kappa shape index (κ2) is 10.4. The third kappa shape index (κ3) is 4.57. The van der Waals surface area contributed by atoms with Crippen molar-refractivity contribution in [2.75, 3.05) is 19.8 Å². The molecule has 1 aliphatic rings. The minimum atomic E-state index is -0.552. The smallest absolute Gasteiger partial charge is 0.290 e. The number of amides is 1. The van der Waals surface area contributed by atoms with Crippen LogP contribution in [0.25, 0.3) is 11.0 Å². The fraction of sp³-hybridized carbons (Fsp3) is 0.379. The predicted octanol–water partition coefficient (Wildman–Crippen LogP) is 6.11. The van der Waals surface area contributed by atoms with Crippen LogP contribution in [0.4, 0.5) is 0 Å². The number of benzene rings is 2. The van der Waals surface area contributed by atoms with Gasteiger partial charge in [0.25, 0.3) is 5.91 Å². The van der Waals surface area contributed by atoms with Gasteiger partial charge < -0.3 is 18.8 Å². The molecule has 2 aromatic carbocycles. The molecule has 2 heterocycles. The fourth-order valence-corrected chi connectivity index (χ4v) is 4.85. The summed E-state index contributed by atoms with van der Waals surface area (Å²) < 4.78 is 17.8. The standard InChI is InChI=1S/C29H33NO5/c1-6-9-10-13-30-26(20-11-12-21(34-14-7-2)22(17-20)33-8-3)25-27(31)24-19(5)15-18(4)16-23(24)35-28(25)29(30)32/h7,11-12,15-17,26H,2,6,8-10,13-14H2,1,3-5H3. The van der Waals surface area contributed by atoms with Crippen LogP contribution in [0.1, 0.15) is 72.0 Å². The topological polar surface area (TPSA) is 69.0 Å². The van der Waals surface area contributed by atoms with Crippen LogP contribution in [0, 0.1) is 13.8 Å². The molecule has 184 valence electrons. The summed E-state index contributed by atoms with van der Waals surface area (Å²) in [6, 6.07) is 8.83. The van der Waals surface area contributed by atoms with Gasteiger partial charge in [-0.1, -0.05) is 44.6 Å². The van der Waals surface area contributed by atoms with Gasteiger partial charge in [0.05, 0.1) is 23.6 Å². The Balaban J connectivity index is 1.91. The van der Waals surface area contributed by atoms with Crippen LogP contribution in [0.3, 0.4) is 0 Å². The first-order chi connectivity index (χ1) is 16.9. The highest BCUT2D eigenvalue weighted by molar-refractivity contribution is 5.99. The summed E-state index contributed by atoms with van der Waals surface area (Å²) in [6.07, 6.45) is 4.54. The Kier molecular flexibility index (Phi) is 7.29. The highest BCUT2D eigenvalue weighted by Gasteiger charge is 2.42. The summed E-state index contributed by atoms with van der Waals surface area (Å²) in [5.74, 6) is 1.05. The number of ether oxygens (including phenoxy) is 2. The van der Waals surface area contributed by atoms with Crippen LogP contribution in [0.5, 0.6) is 11.5 Å². The Morgan fingerprint density at radius 3 is 2.57 bits per heavy atom. The van der Waals surface area contributed by atoms with Gasteiger partial charge in [0.1, 0.15) is 12.2 Å². The summed E-state index contributed by atoms with van der Waals surface area (Å²) >= 11 is 0. The lowest BCUT2D eigenvalue weighted by Gasteiger charge is -2.26. The van der Waals surface area contributed by atoms with Crippen LogP contribution in [0.2, 0.25) is 0 Å². The van der Waals surface area contributed by atoms with Gasteiger partial charge in [-0.3, -0.25) is 9.59 Å². The molecule has 0 N–H and O–H groups in total. The van der Waals surface area contributed by atoms with Crippen molar-refractivity contribution in [3.63, 3.8) is 0 Å². The monoisotopic (exact) mass is 475 g/mol. The lowest BCUT2D eigenvalue weighted by atomic mass is 9.96. The molecule has 1 amide bonds. The Morgan fingerprint density at radius 2 is 1.86 bits per heavy atom. The molecule has 0 aliphatic carbocycles. The lowest BCUT2D eigenvalue weighted by Crippen LogP contribution is -2.30. The van der Waals surface area contributed by atoms with Gasteiger partial charge in [-0.2, -0.15) is 0 Å². The molecule has 1 aliphatic heterocycles. The van der Waals surface area contributed by atoms with Crippen LogP contribution in [-0.2, 0) is 0 Å². The van der Waals surface area contributed by atoms with E-state index >= 15 is 0 Å². The van der Waals surface area contributed by atoms with Crippen molar-refractivity contribution in [1.82, 2.24) is 4.90 Å². The number of carbonyl (C=O) groups is 1. The zero-order valence-corrected chi connectivity index (χ0v) is 21.0. The van der Waals surface area contributed by atoms with Gasteiger partial charge in [-0.05, 0) is 62.1 Å². The second-order valence-corrected chi connectivity index (χ2v) is 8.98. The average molecular weight is 476 g/mol. The SMILES string of the molecule is C=CCOc1ccc(C2c3c(oc4cc(C)cc(C)c4c3=O)C(=O)N2CCCCC)cc1OCC. The van der Waals surface area contributed by atoms with E-state index < -0.39 is 6.04 Å². The second-order valence-electron chi connectivity index (χ2n) is 8.98. The third-order valence-electron chi connectivity index (χ3n) is 6.35. The number of nitrogens with zero attached hydrogens (tertiary/aromatic N) is 1. The van der Waals surface area contributed by atoms with Crippen LogP contribution in [0.15, 0.2) is 52.2 Å². The van der Waals surface area contributed by atoms with Gasteiger partial charge in [0.15, 0.2) is 16.9 Å². The number of unbranched alkanes of at least 4 members (excludes halogenated alkanes) is 2. The highest BCUT2D eigenvalue weighted by atomic mass is 16.5. The van der Waals surface area contributed by atoms with E-state index in [9.17, 15) is 9.59 Å². The van der Waals surface area contributed by atoms with Gasteiger partial charge in [0.2, 0.25) is 5.76 Å². The molecule has 0 fully saturated rings. The van der Waals surface area contributed by atoms with E-state index in [1.807, 2.05) is 51.1 Å². The van der Waals surface area contributed by atoms with Crippen molar-refractivity contribution in [2.24, 2.45) is 0 Å². The molecule has 1 aromatic heterocycles. The van der Waals surface area contributed by atoms with E-state index in [0.717, 1.165) is 36.0 Å². The third-order valence-corrected chi connectivity index (χ3v) is 6.35. The molecule has 35 heavy (non-hydrogen) atoms. The fourth-order valence-electron chi connectivity index (χ4n) is 4.85. The highest BCUT2D eigenvalue weighted by Crippen LogP contribution is 2.41. The minimum absolute atomic E-state index is 0.138. The number of rotatable bonds is 10. The zero-order chi connectivity index (χ0) is 25.1. The van der Waals surface area contributed by atoms with E-state index in [-0.39, 0.29) is 17.1 Å². The molecule has 4 rings (SSSR count). The summed E-state index contributed by atoms with van der Waals surface area (Å²) in [4.78, 5) is 29.2. The Labute approximate surface area is 206 Å². The van der Waals surface area contributed by atoms with E-state index in [1.54, 1.807) is 11.0 Å². The summed E-state index contributed by atoms with van der Waals surface area (Å²) in [5.41, 5.74) is 3.32. The van der Waals surface area contributed by atoms with Crippen LogP contribution in [-0.4, -0.2) is 30.6 Å². The maximum absolute atomic E-state index is 13.9. The van der Waals surface area contributed by atoms with Crippen LogP contribution < -0.4 is 14.9 Å². The number of hydrogen-bond acceptors (Lipinski definition) is 5. The van der Waals surface area contributed by atoms with Gasteiger partial charge in [-0.25, -0.2) is 0 Å². The van der Waals surface area contributed by atoms with Gasteiger partial charge >= 0.3 is 0 Å². The first-order valence-electron chi connectivity index (χ1n) is 12.3. The maximum atomic E-state index is 13.9. The molecular weight excluding hydrogens is 442 g/mol. The lowest BCUT2D eigenvalue weighted by molar-refractivity contribution is 0.0724. The van der Waals surface area contributed by atoms with Crippen LogP contribution >= 0.6 is 0 Å². The first-order valence-corrected chi connectivity index (χ1v) is 12.3. The van der Waals surface area contributed by atoms with Crippen molar-refractivity contribution in [1.29, 1.82) is 0 Å². The number of hydrogen-bond donors (Lipinski definition) is 0. The molecule has 0 radical (unpaired) electrons. The number of carbonyl (C=O) groups excluding carboxylic acids is 1. The Bertz CT molecular complexity index is 1320. The van der Waals surface area contributed by atoms with E-state index in [0.29, 0.717) is 47.8 Å². The molecule has 1 atom stereocenters. The first kappa shape index (κ1) is 24.6. The van der Waals surface area contributed by atoms with Gasteiger partial charge in [-0.15, -0.1) is 0 Å². The Morgan fingerprint density at radius 1 is 1.06 bits per heavy atom. The molecular formula is C29H33NO5. The van der Waals surface area contributed by atoms with Crippen molar-refractivity contribution in [2.45, 2.75) is 53.0 Å². The van der Waals surface area contributed by atoms with Crippen molar-refractivity contribution in [3.8, 4) is 11.5 Å².